The summed E-state index contributed by atoms with van der Waals surface area (Å²) in [5, 5.41) is 11.9. The molecule has 0 aromatic heterocycles. The smallest absolute Gasteiger partial charge is 0.0188 e. The van der Waals surface area contributed by atoms with Crippen LogP contribution in [0.5, 0.6) is 5.75 Å². The molecular formula is C38H35NO4Se. The molecule has 4 aromatic carbocycles. The largest absolute Gasteiger partial charge is 0.0548 e. The standard InChI is InChI=1S/C38H35NO4Se/c1-37(2,3)28-12-16-30(17-13-28)43-36(42)39-29-14-10-26(11-15-29)32-20-22-38(4,5)34-24-31(18-19-33(32)34)44-23-21-25-6-8-27(9-7-25)35(40)41/h6-20,24H,22H2,1-5H3,(H,39,42)(H,40,41). The molecule has 0 heterocycles. The number of carbonyl (C=O) groups excluding carboxylic acids is 1. The number of nitrogens with one attached hydrogen (secondary N) is 1. The van der Waals surface area contributed by atoms with Crippen molar-refractivity contribution >= 4 is 42.7 Å². The Morgan fingerprint density at radius 3 is 2.23 bits per heavy atom. The zero-order valence-electron chi connectivity index (χ0n) is 25.5. The number of carboxylic acids is 1. The van der Waals surface area contributed by atoms with Gasteiger partial charge in [0.2, 0.25) is 0 Å². The number of rotatable bonds is 5. The van der Waals surface area contributed by atoms with Crippen molar-refractivity contribution in [1.29, 1.82) is 0 Å². The Morgan fingerprint density at radius 1 is 0.909 bits per heavy atom. The zero-order chi connectivity index (χ0) is 31.5. The van der Waals surface area contributed by atoms with Crippen LogP contribution >= 0.6 is 0 Å². The first-order valence-corrected chi connectivity index (χ1v) is 16.2. The van der Waals surface area contributed by atoms with Crippen LogP contribution in [0.15, 0.2) is 97.1 Å². The minimum Gasteiger partial charge on any atom is -0.0548 e. The number of fused-ring (bicyclic) bond motifs is 1. The fraction of sp³-hybridized carbons (Fsp3) is 0.211. The molecule has 0 saturated carbocycles. The van der Waals surface area contributed by atoms with E-state index in [1.807, 2.05) is 48.5 Å². The minimum atomic E-state index is -0.940. The molecule has 0 spiro atoms. The van der Waals surface area contributed by atoms with E-state index in [9.17, 15) is 9.59 Å². The number of anilines is 1. The number of aromatic carboxylic acids is 1. The summed E-state index contributed by atoms with van der Waals surface area (Å²) in [5.74, 6) is 2.73. The van der Waals surface area contributed by atoms with Crippen LogP contribution in [-0.2, 0) is 10.8 Å². The van der Waals surface area contributed by atoms with Gasteiger partial charge >= 0.3 is 205 Å². The Hall–Kier alpha value is -4.56. The van der Waals surface area contributed by atoms with Gasteiger partial charge in [-0.3, -0.25) is 0 Å². The molecule has 0 radical (unpaired) electrons. The quantitative estimate of drug-likeness (QED) is 0.172. The average molecular weight is 649 g/mol. The number of amides is 1. The van der Waals surface area contributed by atoms with E-state index in [2.05, 4.69) is 74.9 Å². The summed E-state index contributed by atoms with van der Waals surface area (Å²) in [6.45, 7) is 11.0. The summed E-state index contributed by atoms with van der Waals surface area (Å²) in [4.78, 5) is 26.9. The Morgan fingerprint density at radius 2 is 1.59 bits per heavy atom. The number of carboxylic acid groups (broad SMARTS) is 1. The predicted molar refractivity (Wildman–Crippen MR) is 178 cm³/mol. The van der Waals surface area contributed by atoms with Gasteiger partial charge in [0.25, 0.3) is 0 Å². The monoisotopic (exact) mass is 649 g/mol. The molecule has 44 heavy (non-hydrogen) atoms. The second kappa shape index (κ2) is 12.6. The molecule has 222 valence electrons. The molecule has 0 bridgehead atoms. The van der Waals surface area contributed by atoms with Crippen molar-refractivity contribution < 1.29 is 19.4 Å². The van der Waals surface area contributed by atoms with Gasteiger partial charge in [-0.05, 0) is 23.1 Å². The van der Waals surface area contributed by atoms with Gasteiger partial charge in [-0.15, -0.1) is 0 Å². The Bertz CT molecular complexity index is 1780. The van der Waals surface area contributed by atoms with Gasteiger partial charge in [-0.2, -0.15) is 0 Å². The van der Waals surface area contributed by atoms with Crippen LogP contribution in [0, 0.1) is 10.7 Å². The van der Waals surface area contributed by atoms with Gasteiger partial charge in [0.15, 0.2) is 0 Å². The van der Waals surface area contributed by atoms with Gasteiger partial charge in [-0.1, -0.05) is 32.9 Å². The van der Waals surface area contributed by atoms with E-state index in [1.165, 1.54) is 26.7 Å². The third-order valence-corrected chi connectivity index (χ3v) is 9.15. The first-order chi connectivity index (χ1) is 20.9. The molecular weight excluding hydrogens is 613 g/mol. The van der Waals surface area contributed by atoms with Crippen LogP contribution in [0.2, 0.25) is 0 Å². The number of benzene rings is 4. The maximum Gasteiger partial charge on any atom is -0.0188 e. The van der Waals surface area contributed by atoms with Crippen molar-refractivity contribution in [2.45, 2.75) is 51.9 Å². The van der Waals surface area contributed by atoms with Crippen molar-refractivity contribution in [3.05, 3.63) is 130 Å². The van der Waals surface area contributed by atoms with Crippen LogP contribution in [0.1, 0.15) is 79.2 Å². The first-order valence-electron chi connectivity index (χ1n) is 14.5. The molecule has 0 aliphatic heterocycles. The third kappa shape index (κ3) is 7.31. The Labute approximate surface area is 265 Å². The number of ether oxygens (including phenoxy) is 1. The summed E-state index contributed by atoms with van der Waals surface area (Å²) in [6, 6.07) is 28.7. The van der Waals surface area contributed by atoms with Gasteiger partial charge < -0.3 is 0 Å². The number of hydrogen-bond donors (Lipinski definition) is 2. The molecule has 2 N–H and O–H groups in total. The van der Waals surface area contributed by atoms with E-state index >= 15 is 0 Å². The van der Waals surface area contributed by atoms with Gasteiger partial charge in [-0.25, -0.2) is 0 Å². The maximum absolute atomic E-state index is 12.5. The van der Waals surface area contributed by atoms with Crippen LogP contribution in [-0.4, -0.2) is 32.1 Å². The molecule has 6 heteroatoms. The van der Waals surface area contributed by atoms with Crippen LogP contribution in [0.4, 0.5) is 10.5 Å². The Kier molecular flexibility index (Phi) is 8.83. The summed E-state index contributed by atoms with van der Waals surface area (Å²) < 4.78 is 6.69. The second-order valence-electron chi connectivity index (χ2n) is 12.5. The molecule has 0 saturated heterocycles. The Balaban J connectivity index is 1.26. The SMILES string of the molecule is CC(C)(C)c1ccc(OC(=O)Nc2ccc(C3=CCC(C)(C)c4cc([Se]C#Cc5ccc(C(=O)O)cc5)ccc43)cc2)cc1. The zero-order valence-corrected chi connectivity index (χ0v) is 27.2. The predicted octanol–water partition coefficient (Wildman–Crippen LogP) is 7.74. The van der Waals surface area contributed by atoms with Crippen molar-refractivity contribution in [3.8, 4) is 16.5 Å². The van der Waals surface area contributed by atoms with E-state index in [4.69, 9.17) is 9.84 Å². The minimum absolute atomic E-state index is 0.0125. The van der Waals surface area contributed by atoms with Crippen molar-refractivity contribution in [1.82, 2.24) is 0 Å². The second-order valence-corrected chi connectivity index (χ2v) is 14.3. The van der Waals surface area contributed by atoms with Crippen molar-refractivity contribution in [2.24, 2.45) is 0 Å². The maximum atomic E-state index is 12.5. The van der Waals surface area contributed by atoms with Gasteiger partial charge in [0.05, 0.1) is 0 Å². The van der Waals surface area contributed by atoms with E-state index in [-0.39, 0.29) is 31.4 Å². The number of allylic oxidation sites excluding steroid dienone is 1. The summed E-state index contributed by atoms with van der Waals surface area (Å²) >= 11 is -0.0472. The van der Waals surface area contributed by atoms with E-state index in [1.54, 1.807) is 24.3 Å². The topological polar surface area (TPSA) is 75.6 Å². The molecule has 1 amide bonds. The molecule has 1 aliphatic carbocycles. The summed E-state index contributed by atoms with van der Waals surface area (Å²) in [7, 11) is 0. The molecule has 4 aromatic rings. The number of carbonyl (C=O) groups is 2. The van der Waals surface area contributed by atoms with Crippen LogP contribution in [0.3, 0.4) is 0 Å². The van der Waals surface area contributed by atoms with E-state index < -0.39 is 12.1 Å². The average Bonchev–Trinajstić information content (AvgIpc) is 2.98. The van der Waals surface area contributed by atoms with Crippen LogP contribution in [0.25, 0.3) is 5.57 Å². The van der Waals surface area contributed by atoms with Crippen molar-refractivity contribution in [3.63, 3.8) is 0 Å². The van der Waals surface area contributed by atoms with E-state index in [0.717, 1.165) is 17.5 Å². The van der Waals surface area contributed by atoms with Crippen molar-refractivity contribution in [2.75, 3.05) is 5.32 Å². The molecule has 0 unspecified atom stereocenters. The summed E-state index contributed by atoms with van der Waals surface area (Å²) in [6.07, 6.45) is 2.68. The fourth-order valence-corrected chi connectivity index (χ4v) is 6.34. The van der Waals surface area contributed by atoms with E-state index in [0.29, 0.717) is 11.4 Å². The van der Waals surface area contributed by atoms with Gasteiger partial charge in [0.1, 0.15) is 5.75 Å². The summed E-state index contributed by atoms with van der Waals surface area (Å²) in [5.41, 5.74) is 7.69. The fourth-order valence-electron chi connectivity index (χ4n) is 5.08. The number of hydrogen-bond acceptors (Lipinski definition) is 3. The first kappa shape index (κ1) is 30.9. The molecule has 1 aliphatic rings. The van der Waals surface area contributed by atoms with Gasteiger partial charge in [0, 0.05) is 0 Å². The third-order valence-electron chi connectivity index (χ3n) is 7.70. The molecule has 0 atom stereocenters. The molecule has 5 rings (SSSR count). The normalized spacial score (nSPS) is 13.5. The molecule has 5 nitrogen and oxygen atoms in total. The molecule has 0 fully saturated rings. The van der Waals surface area contributed by atoms with Crippen LogP contribution < -0.4 is 14.5 Å².